The van der Waals surface area contributed by atoms with Gasteiger partial charge in [-0.25, -0.2) is 4.79 Å². The van der Waals surface area contributed by atoms with Gasteiger partial charge >= 0.3 is 6.16 Å². The lowest BCUT2D eigenvalue weighted by Crippen LogP contribution is -2.32. The average Bonchev–Trinajstić information content (AvgIpc) is 2.79. The molecule has 1 atom stereocenters. The van der Waals surface area contributed by atoms with Crippen LogP contribution < -0.4 is 0 Å². The number of carbonyl (C=O) groups is 3. The fourth-order valence-electron chi connectivity index (χ4n) is 1.85. The van der Waals surface area contributed by atoms with E-state index in [2.05, 4.69) is 4.84 Å². The van der Waals surface area contributed by atoms with E-state index in [0.717, 1.165) is 0 Å². The van der Waals surface area contributed by atoms with Crippen molar-refractivity contribution in [3.05, 3.63) is 35.9 Å². The highest BCUT2D eigenvalue weighted by molar-refractivity contribution is 6.01. The van der Waals surface area contributed by atoms with E-state index in [1.54, 1.807) is 30.3 Å². The van der Waals surface area contributed by atoms with Crippen LogP contribution in [0.4, 0.5) is 4.79 Å². The third-order valence-corrected chi connectivity index (χ3v) is 2.86. The van der Waals surface area contributed by atoms with E-state index in [4.69, 9.17) is 10.00 Å². The van der Waals surface area contributed by atoms with Gasteiger partial charge in [-0.15, -0.1) is 0 Å². The van der Waals surface area contributed by atoms with E-state index in [1.807, 2.05) is 6.07 Å². The molecule has 7 nitrogen and oxygen atoms in total. The fraction of sp³-hybridized carbons (Fsp3) is 0.286. The molecule has 0 radical (unpaired) electrons. The van der Waals surface area contributed by atoms with E-state index >= 15 is 0 Å². The minimum atomic E-state index is -1.19. The molecule has 0 N–H and O–H groups in total. The van der Waals surface area contributed by atoms with Gasteiger partial charge in [-0.1, -0.05) is 35.4 Å². The highest BCUT2D eigenvalue weighted by Gasteiger charge is 2.34. The van der Waals surface area contributed by atoms with Crippen molar-refractivity contribution in [3.63, 3.8) is 0 Å². The number of amides is 2. The number of nitriles is 1. The van der Waals surface area contributed by atoms with Gasteiger partial charge in [-0.2, -0.15) is 5.26 Å². The minimum absolute atomic E-state index is 0.00637. The fourth-order valence-corrected chi connectivity index (χ4v) is 1.85. The first-order valence-corrected chi connectivity index (χ1v) is 6.28. The number of hydroxylamine groups is 2. The van der Waals surface area contributed by atoms with E-state index in [1.165, 1.54) is 0 Å². The number of rotatable bonds is 4. The Morgan fingerprint density at radius 1 is 1.24 bits per heavy atom. The predicted octanol–water partition coefficient (Wildman–Crippen LogP) is 1.86. The molecule has 2 rings (SSSR count). The second-order valence-electron chi connectivity index (χ2n) is 4.30. The first-order chi connectivity index (χ1) is 10.1. The topological polar surface area (TPSA) is 96.7 Å². The zero-order chi connectivity index (χ0) is 15.2. The molecular weight excluding hydrogens is 276 g/mol. The summed E-state index contributed by atoms with van der Waals surface area (Å²) in [4.78, 5) is 38.9. The number of nitrogens with zero attached hydrogens (tertiary/aromatic N) is 2. The van der Waals surface area contributed by atoms with E-state index in [0.29, 0.717) is 10.6 Å². The molecule has 0 saturated carbocycles. The molecular formula is C14H12N2O5. The normalized spacial score (nSPS) is 15.5. The van der Waals surface area contributed by atoms with Crippen molar-refractivity contribution in [1.82, 2.24) is 5.06 Å². The van der Waals surface area contributed by atoms with Gasteiger partial charge in [0, 0.05) is 12.8 Å². The van der Waals surface area contributed by atoms with Crippen LogP contribution >= 0.6 is 0 Å². The first kappa shape index (κ1) is 14.5. The summed E-state index contributed by atoms with van der Waals surface area (Å²) < 4.78 is 5.01. The van der Waals surface area contributed by atoms with Gasteiger partial charge in [0.15, 0.2) is 0 Å². The highest BCUT2D eigenvalue weighted by atomic mass is 16.8. The lowest BCUT2D eigenvalue weighted by atomic mass is 10.1. The van der Waals surface area contributed by atoms with Gasteiger partial charge < -0.3 is 4.74 Å². The van der Waals surface area contributed by atoms with Gasteiger partial charge in [0.25, 0.3) is 11.8 Å². The Kier molecular flexibility index (Phi) is 4.51. The summed E-state index contributed by atoms with van der Waals surface area (Å²) in [5.41, 5.74) is 0.620. The van der Waals surface area contributed by atoms with Gasteiger partial charge in [-0.05, 0) is 5.56 Å². The van der Waals surface area contributed by atoms with Crippen LogP contribution in [0.2, 0.25) is 0 Å². The molecule has 0 spiro atoms. The molecule has 7 heteroatoms. The number of carbonyl (C=O) groups excluding carboxylic acids is 3. The molecule has 0 bridgehead atoms. The van der Waals surface area contributed by atoms with Gasteiger partial charge in [0.05, 0.1) is 12.5 Å². The maximum Gasteiger partial charge on any atom is 0.534 e. The third-order valence-electron chi connectivity index (χ3n) is 2.86. The van der Waals surface area contributed by atoms with Gasteiger partial charge in [0.2, 0.25) is 0 Å². The monoisotopic (exact) mass is 288 g/mol. The molecule has 108 valence electrons. The quantitative estimate of drug-likeness (QED) is 0.619. The largest absolute Gasteiger partial charge is 0.534 e. The molecule has 1 heterocycles. The molecule has 1 aromatic carbocycles. The highest BCUT2D eigenvalue weighted by Crippen LogP contribution is 2.22. The van der Waals surface area contributed by atoms with Crippen LogP contribution in [0.15, 0.2) is 30.3 Å². The van der Waals surface area contributed by atoms with Crippen molar-refractivity contribution in [2.75, 3.05) is 0 Å². The van der Waals surface area contributed by atoms with Crippen molar-refractivity contribution in [1.29, 1.82) is 5.26 Å². The van der Waals surface area contributed by atoms with Crippen LogP contribution in [0.1, 0.15) is 30.9 Å². The van der Waals surface area contributed by atoms with Crippen molar-refractivity contribution in [2.45, 2.75) is 25.4 Å². The predicted molar refractivity (Wildman–Crippen MR) is 68.1 cm³/mol. The summed E-state index contributed by atoms with van der Waals surface area (Å²) in [5, 5.41) is 9.18. The summed E-state index contributed by atoms with van der Waals surface area (Å²) in [6.45, 7) is 0. The van der Waals surface area contributed by atoms with Crippen LogP contribution in [0, 0.1) is 11.3 Å². The Bertz CT molecular complexity index is 577. The van der Waals surface area contributed by atoms with Crippen LogP contribution in [0.5, 0.6) is 0 Å². The zero-order valence-electron chi connectivity index (χ0n) is 11.0. The molecule has 1 saturated heterocycles. The van der Waals surface area contributed by atoms with Crippen molar-refractivity contribution in [2.24, 2.45) is 0 Å². The number of benzene rings is 1. The molecule has 2 amide bonds. The SMILES string of the molecule is N#CCC(OC(=O)ON1C(=O)CCC1=O)c1ccccc1. The Balaban J connectivity index is 2.01. The summed E-state index contributed by atoms with van der Waals surface area (Å²) in [5.74, 6) is -1.18. The lowest BCUT2D eigenvalue weighted by Gasteiger charge is -2.17. The molecule has 0 aromatic heterocycles. The second-order valence-corrected chi connectivity index (χ2v) is 4.30. The summed E-state index contributed by atoms with van der Waals surface area (Å²) in [7, 11) is 0. The first-order valence-electron chi connectivity index (χ1n) is 6.28. The van der Waals surface area contributed by atoms with Crippen LogP contribution in [-0.2, 0) is 19.2 Å². The molecule has 1 aromatic rings. The van der Waals surface area contributed by atoms with Crippen molar-refractivity contribution in [3.8, 4) is 6.07 Å². The van der Waals surface area contributed by atoms with E-state index in [9.17, 15) is 14.4 Å². The molecule has 0 aliphatic carbocycles. The zero-order valence-corrected chi connectivity index (χ0v) is 11.0. The van der Waals surface area contributed by atoms with E-state index < -0.39 is 24.1 Å². The third kappa shape index (κ3) is 3.57. The minimum Gasteiger partial charge on any atom is -0.423 e. The number of ether oxygens (including phenoxy) is 1. The number of hydrogen-bond donors (Lipinski definition) is 0. The smallest absolute Gasteiger partial charge is 0.423 e. The van der Waals surface area contributed by atoms with Crippen molar-refractivity contribution >= 4 is 18.0 Å². The summed E-state index contributed by atoms with van der Waals surface area (Å²) in [6, 6.07) is 10.6. The Labute approximate surface area is 120 Å². The van der Waals surface area contributed by atoms with Gasteiger partial charge in [-0.3, -0.25) is 14.4 Å². The summed E-state index contributed by atoms with van der Waals surface area (Å²) in [6.07, 6.45) is -2.07. The number of imide groups is 1. The second kappa shape index (κ2) is 6.52. The number of hydrogen-bond acceptors (Lipinski definition) is 6. The van der Waals surface area contributed by atoms with Crippen molar-refractivity contribution < 1.29 is 24.0 Å². The van der Waals surface area contributed by atoms with Crippen LogP contribution in [0.25, 0.3) is 0 Å². The molecule has 1 unspecified atom stereocenters. The van der Waals surface area contributed by atoms with Crippen LogP contribution in [-0.4, -0.2) is 23.0 Å². The molecule has 1 fully saturated rings. The molecule has 21 heavy (non-hydrogen) atoms. The Hall–Kier alpha value is -2.88. The standard InChI is InChI=1S/C14H12N2O5/c15-9-8-11(10-4-2-1-3-5-10)20-14(19)21-16-12(17)6-7-13(16)18/h1-5,11H,6-8H2. The maximum atomic E-state index is 11.6. The van der Waals surface area contributed by atoms with E-state index in [-0.39, 0.29) is 19.3 Å². The maximum absolute atomic E-state index is 11.6. The van der Waals surface area contributed by atoms with Crippen LogP contribution in [0.3, 0.4) is 0 Å². The Morgan fingerprint density at radius 3 is 2.43 bits per heavy atom. The molecule has 1 aliphatic heterocycles. The summed E-state index contributed by atoms with van der Waals surface area (Å²) >= 11 is 0. The lowest BCUT2D eigenvalue weighted by molar-refractivity contribution is -0.178. The average molecular weight is 288 g/mol. The molecule has 1 aliphatic rings. The Morgan fingerprint density at radius 2 is 1.86 bits per heavy atom. The van der Waals surface area contributed by atoms with Gasteiger partial charge in [0.1, 0.15) is 6.10 Å².